The minimum atomic E-state index is 0.779. The van der Waals surface area contributed by atoms with Crippen LogP contribution < -0.4 is 10.2 Å². The second-order valence-electron chi connectivity index (χ2n) is 4.73. The molecule has 3 aromatic rings. The Balaban J connectivity index is 2.01. The van der Waals surface area contributed by atoms with Crippen LogP contribution in [0.3, 0.4) is 0 Å². The van der Waals surface area contributed by atoms with E-state index in [1.54, 1.807) is 6.20 Å². The van der Waals surface area contributed by atoms with E-state index in [-0.39, 0.29) is 0 Å². The van der Waals surface area contributed by atoms with Gasteiger partial charge in [-0.15, -0.1) is 0 Å². The molecule has 0 aliphatic rings. The highest BCUT2D eigenvalue weighted by Crippen LogP contribution is 2.22. The van der Waals surface area contributed by atoms with Crippen molar-refractivity contribution in [2.75, 3.05) is 23.8 Å². The molecule has 3 aromatic heterocycles. The van der Waals surface area contributed by atoms with Gasteiger partial charge in [-0.25, -0.2) is 9.97 Å². The molecule has 0 aromatic carbocycles. The Morgan fingerprint density at radius 3 is 2.76 bits per heavy atom. The fourth-order valence-corrected chi connectivity index (χ4v) is 2.29. The summed E-state index contributed by atoms with van der Waals surface area (Å²) in [4.78, 5) is 15.4. The lowest BCUT2D eigenvalue weighted by Crippen LogP contribution is -2.24. The molecule has 6 heteroatoms. The molecule has 108 valence electrons. The van der Waals surface area contributed by atoms with Crippen LogP contribution in [0, 0.1) is 0 Å². The molecule has 0 bridgehead atoms. The van der Waals surface area contributed by atoms with E-state index in [0.29, 0.717) is 0 Å². The Bertz CT molecular complexity index is 721. The van der Waals surface area contributed by atoms with E-state index in [1.165, 1.54) is 5.56 Å². The average molecular weight is 282 g/mol. The fourth-order valence-electron chi connectivity index (χ4n) is 2.29. The highest BCUT2D eigenvalue weighted by Gasteiger charge is 2.14. The number of rotatable bonds is 5. The topological polar surface area (TPSA) is 58.4 Å². The van der Waals surface area contributed by atoms with E-state index in [0.717, 1.165) is 30.4 Å². The maximum Gasteiger partial charge on any atom is 0.180 e. The van der Waals surface area contributed by atoms with Gasteiger partial charge in [0.1, 0.15) is 5.82 Å². The largest absolute Gasteiger partial charge is 0.372 e. The van der Waals surface area contributed by atoms with Crippen LogP contribution in [-0.2, 0) is 6.54 Å². The van der Waals surface area contributed by atoms with Gasteiger partial charge in [-0.3, -0.25) is 4.98 Å². The summed E-state index contributed by atoms with van der Waals surface area (Å²) in [6.45, 7) is 3.75. The van der Waals surface area contributed by atoms with E-state index in [2.05, 4.69) is 32.1 Å². The summed E-state index contributed by atoms with van der Waals surface area (Å²) in [5.74, 6) is 1.70. The van der Waals surface area contributed by atoms with Crippen LogP contribution in [0.15, 0.2) is 43.1 Å². The minimum Gasteiger partial charge on any atom is -0.372 e. The first kappa shape index (κ1) is 13.4. The lowest BCUT2D eigenvalue weighted by Gasteiger charge is -2.23. The number of hydrogen-bond donors (Lipinski definition) is 1. The Morgan fingerprint density at radius 2 is 2.05 bits per heavy atom. The quantitative estimate of drug-likeness (QED) is 0.777. The van der Waals surface area contributed by atoms with Crippen LogP contribution >= 0.6 is 0 Å². The third-order valence-corrected chi connectivity index (χ3v) is 3.42. The highest BCUT2D eigenvalue weighted by molar-refractivity contribution is 5.66. The predicted molar refractivity (Wildman–Crippen MR) is 83.5 cm³/mol. The van der Waals surface area contributed by atoms with E-state index in [9.17, 15) is 0 Å². The van der Waals surface area contributed by atoms with Crippen molar-refractivity contribution in [2.45, 2.75) is 13.5 Å². The van der Waals surface area contributed by atoms with Gasteiger partial charge in [0.05, 0.1) is 6.20 Å². The summed E-state index contributed by atoms with van der Waals surface area (Å²) >= 11 is 0. The number of imidazole rings is 1. The number of pyridine rings is 1. The smallest absolute Gasteiger partial charge is 0.180 e. The van der Waals surface area contributed by atoms with Crippen molar-refractivity contribution >= 4 is 17.3 Å². The highest BCUT2D eigenvalue weighted by atomic mass is 15.2. The molecule has 3 heterocycles. The van der Waals surface area contributed by atoms with Crippen molar-refractivity contribution in [3.63, 3.8) is 0 Å². The first-order valence-corrected chi connectivity index (χ1v) is 6.97. The number of anilines is 2. The monoisotopic (exact) mass is 282 g/mol. The second kappa shape index (κ2) is 5.78. The molecule has 3 rings (SSSR count). The molecule has 1 N–H and O–H groups in total. The molecular weight excluding hydrogens is 264 g/mol. The van der Waals surface area contributed by atoms with Gasteiger partial charge in [0.25, 0.3) is 0 Å². The molecule has 0 saturated carbocycles. The summed E-state index contributed by atoms with van der Waals surface area (Å²) < 4.78 is 1.99. The van der Waals surface area contributed by atoms with Crippen molar-refractivity contribution in [1.82, 2.24) is 19.4 Å². The molecule has 0 atom stereocenters. The average Bonchev–Trinajstić information content (AvgIpc) is 3.01. The van der Waals surface area contributed by atoms with Crippen LogP contribution in [0.25, 0.3) is 5.65 Å². The van der Waals surface area contributed by atoms with Gasteiger partial charge in [-0.05, 0) is 24.6 Å². The standard InChI is InChI=1S/C15H18N6/c1-3-20(10-12-4-6-17-7-5-12)15-14-18-8-9-21(14)11-13(16-2)19-15/h4-9,11,16H,3,10H2,1-2H3. The molecule has 0 fully saturated rings. The lowest BCUT2D eigenvalue weighted by atomic mass is 10.2. The maximum absolute atomic E-state index is 4.67. The first-order valence-electron chi connectivity index (χ1n) is 6.97. The molecule has 0 radical (unpaired) electrons. The lowest BCUT2D eigenvalue weighted by molar-refractivity contribution is 0.811. The van der Waals surface area contributed by atoms with Crippen molar-refractivity contribution in [3.8, 4) is 0 Å². The van der Waals surface area contributed by atoms with Crippen molar-refractivity contribution in [1.29, 1.82) is 0 Å². The summed E-state index contributed by atoms with van der Waals surface area (Å²) in [5, 5.41) is 3.10. The van der Waals surface area contributed by atoms with Gasteiger partial charge in [0.2, 0.25) is 0 Å². The molecule has 6 nitrogen and oxygen atoms in total. The molecule has 0 amide bonds. The normalized spacial score (nSPS) is 10.8. The van der Waals surface area contributed by atoms with Gasteiger partial charge in [0, 0.05) is 44.9 Å². The van der Waals surface area contributed by atoms with Gasteiger partial charge < -0.3 is 14.6 Å². The number of aromatic nitrogens is 4. The minimum absolute atomic E-state index is 0.779. The predicted octanol–water partition coefficient (Wildman–Crippen LogP) is 2.19. The van der Waals surface area contributed by atoms with Gasteiger partial charge in [-0.1, -0.05) is 0 Å². The maximum atomic E-state index is 4.67. The zero-order valence-corrected chi connectivity index (χ0v) is 12.2. The van der Waals surface area contributed by atoms with Crippen LogP contribution in [0.4, 0.5) is 11.6 Å². The number of nitrogens with one attached hydrogen (secondary N) is 1. The SMILES string of the molecule is CCN(Cc1ccncc1)c1nc(NC)cn2ccnc12. The van der Waals surface area contributed by atoms with Crippen LogP contribution in [0.2, 0.25) is 0 Å². The third-order valence-electron chi connectivity index (χ3n) is 3.42. The molecular formula is C15H18N6. The van der Waals surface area contributed by atoms with Crippen LogP contribution in [-0.4, -0.2) is 32.9 Å². The number of hydrogen-bond acceptors (Lipinski definition) is 5. The van der Waals surface area contributed by atoms with Gasteiger partial charge in [0.15, 0.2) is 11.5 Å². The molecule has 0 aliphatic heterocycles. The van der Waals surface area contributed by atoms with E-state index < -0.39 is 0 Å². The summed E-state index contributed by atoms with van der Waals surface area (Å²) in [6, 6.07) is 4.04. The fraction of sp³-hybridized carbons (Fsp3) is 0.267. The summed E-state index contributed by atoms with van der Waals surface area (Å²) in [5.41, 5.74) is 2.07. The molecule has 0 unspecified atom stereocenters. The van der Waals surface area contributed by atoms with Crippen molar-refractivity contribution in [2.24, 2.45) is 0 Å². The Hall–Kier alpha value is -2.63. The van der Waals surface area contributed by atoms with Crippen molar-refractivity contribution < 1.29 is 0 Å². The van der Waals surface area contributed by atoms with E-state index >= 15 is 0 Å². The van der Waals surface area contributed by atoms with Crippen LogP contribution in [0.1, 0.15) is 12.5 Å². The molecule has 0 aliphatic carbocycles. The number of nitrogens with zero attached hydrogens (tertiary/aromatic N) is 5. The van der Waals surface area contributed by atoms with E-state index in [1.807, 2.05) is 48.4 Å². The first-order chi connectivity index (χ1) is 10.3. The Labute approximate surface area is 123 Å². The molecule has 21 heavy (non-hydrogen) atoms. The number of fused-ring (bicyclic) bond motifs is 1. The van der Waals surface area contributed by atoms with E-state index in [4.69, 9.17) is 0 Å². The zero-order chi connectivity index (χ0) is 14.7. The Kier molecular flexibility index (Phi) is 3.68. The van der Waals surface area contributed by atoms with Crippen LogP contribution in [0.5, 0.6) is 0 Å². The van der Waals surface area contributed by atoms with Crippen molar-refractivity contribution in [3.05, 3.63) is 48.7 Å². The molecule has 0 spiro atoms. The third kappa shape index (κ3) is 2.65. The van der Waals surface area contributed by atoms with Gasteiger partial charge >= 0.3 is 0 Å². The molecule has 0 saturated heterocycles. The summed E-state index contributed by atoms with van der Waals surface area (Å²) in [6.07, 6.45) is 9.28. The Morgan fingerprint density at radius 1 is 1.24 bits per heavy atom. The second-order valence-corrected chi connectivity index (χ2v) is 4.73. The van der Waals surface area contributed by atoms with Gasteiger partial charge in [-0.2, -0.15) is 0 Å². The summed E-state index contributed by atoms with van der Waals surface area (Å²) in [7, 11) is 1.87. The zero-order valence-electron chi connectivity index (χ0n) is 12.2.